The highest BCUT2D eigenvalue weighted by atomic mass is 28.4. The van der Waals surface area contributed by atoms with E-state index in [4.69, 9.17) is 4.43 Å². The molecule has 0 aromatic rings. The predicted octanol–water partition coefficient (Wildman–Crippen LogP) is 5.78. The third-order valence-electron chi connectivity index (χ3n) is 3.94. The average Bonchev–Trinajstić information content (AvgIpc) is 2.20. The smallest absolute Gasteiger partial charge is 0.192 e. The Morgan fingerprint density at radius 3 is 2.11 bits per heavy atom. The van der Waals surface area contributed by atoms with Crippen LogP contribution in [0.1, 0.15) is 60.8 Å². The van der Waals surface area contributed by atoms with Crippen LogP contribution in [-0.2, 0) is 4.43 Å². The van der Waals surface area contributed by atoms with Crippen molar-refractivity contribution < 1.29 is 4.43 Å². The topological polar surface area (TPSA) is 9.23 Å². The molecule has 1 atom stereocenters. The van der Waals surface area contributed by atoms with Gasteiger partial charge in [0, 0.05) is 0 Å². The highest BCUT2D eigenvalue weighted by Crippen LogP contribution is 2.38. The fourth-order valence-corrected chi connectivity index (χ4v) is 2.85. The van der Waals surface area contributed by atoms with E-state index in [9.17, 15) is 0 Å². The predicted molar refractivity (Wildman–Crippen MR) is 85.6 cm³/mol. The zero-order chi connectivity index (χ0) is 14.4. The summed E-state index contributed by atoms with van der Waals surface area (Å²) >= 11 is 0. The van der Waals surface area contributed by atoms with Gasteiger partial charge in [0.2, 0.25) is 0 Å². The van der Waals surface area contributed by atoms with Gasteiger partial charge in [-0.25, -0.2) is 0 Å². The van der Waals surface area contributed by atoms with E-state index in [-0.39, 0.29) is 11.1 Å². The molecule has 0 saturated heterocycles. The fourth-order valence-electron chi connectivity index (χ4n) is 1.47. The van der Waals surface area contributed by atoms with Crippen LogP contribution in [0.2, 0.25) is 18.1 Å². The molecular formula is C16H34OSi. The SMILES string of the molecule is CCCC/C=C/C(O[Si](C)(C)C(C)(C)C)C(C)C. The summed E-state index contributed by atoms with van der Waals surface area (Å²) in [6.07, 6.45) is 8.60. The molecule has 0 rings (SSSR count). The molecule has 0 bridgehead atoms. The lowest BCUT2D eigenvalue weighted by Crippen LogP contribution is -2.44. The Bertz CT molecular complexity index is 248. The molecule has 0 fully saturated rings. The summed E-state index contributed by atoms with van der Waals surface area (Å²) in [5, 5.41) is 0.289. The standard InChI is InChI=1S/C16H34OSi/c1-9-10-11-12-13-15(14(2)3)17-18(7,8)16(4,5)6/h12-15H,9-11H2,1-8H3/b13-12+. The molecule has 0 heterocycles. The molecule has 0 radical (unpaired) electrons. The van der Waals surface area contributed by atoms with Crippen molar-refractivity contribution in [3.63, 3.8) is 0 Å². The first-order chi connectivity index (χ1) is 8.12. The van der Waals surface area contributed by atoms with Gasteiger partial charge < -0.3 is 4.43 Å². The molecule has 0 aliphatic carbocycles. The second kappa shape index (κ2) is 7.49. The van der Waals surface area contributed by atoms with Crippen molar-refractivity contribution in [3.05, 3.63) is 12.2 Å². The molecule has 0 spiro atoms. The van der Waals surface area contributed by atoms with E-state index in [2.05, 4.69) is 66.8 Å². The van der Waals surface area contributed by atoms with Gasteiger partial charge in [-0.3, -0.25) is 0 Å². The van der Waals surface area contributed by atoms with Crippen LogP contribution in [0.4, 0.5) is 0 Å². The van der Waals surface area contributed by atoms with E-state index < -0.39 is 8.32 Å². The first-order valence-electron chi connectivity index (χ1n) is 7.46. The molecule has 0 N–H and O–H groups in total. The van der Waals surface area contributed by atoms with E-state index in [1.165, 1.54) is 19.3 Å². The van der Waals surface area contributed by atoms with Crippen molar-refractivity contribution in [2.24, 2.45) is 5.92 Å². The Balaban J connectivity index is 4.59. The second-order valence-corrected chi connectivity index (χ2v) is 11.9. The number of unbranched alkanes of at least 4 members (excludes halogenated alkanes) is 2. The van der Waals surface area contributed by atoms with Crippen LogP contribution >= 0.6 is 0 Å². The van der Waals surface area contributed by atoms with E-state index in [1.54, 1.807) is 0 Å². The van der Waals surface area contributed by atoms with Gasteiger partial charge in [0.1, 0.15) is 0 Å². The Kier molecular flexibility index (Phi) is 7.46. The maximum atomic E-state index is 6.50. The van der Waals surface area contributed by atoms with Gasteiger partial charge in [-0.05, 0) is 30.5 Å². The maximum absolute atomic E-state index is 6.50. The van der Waals surface area contributed by atoms with Crippen molar-refractivity contribution >= 4 is 8.32 Å². The quantitative estimate of drug-likeness (QED) is 0.324. The van der Waals surface area contributed by atoms with E-state index in [0.29, 0.717) is 5.92 Å². The number of rotatable bonds is 7. The van der Waals surface area contributed by atoms with Crippen LogP contribution in [-0.4, -0.2) is 14.4 Å². The highest BCUT2D eigenvalue weighted by Gasteiger charge is 2.39. The highest BCUT2D eigenvalue weighted by molar-refractivity contribution is 6.74. The summed E-state index contributed by atoms with van der Waals surface area (Å²) in [4.78, 5) is 0. The largest absolute Gasteiger partial charge is 0.410 e. The van der Waals surface area contributed by atoms with Gasteiger partial charge in [0.25, 0.3) is 0 Å². The lowest BCUT2D eigenvalue weighted by Gasteiger charge is -2.39. The molecule has 1 unspecified atom stereocenters. The third-order valence-corrected chi connectivity index (χ3v) is 8.42. The first-order valence-corrected chi connectivity index (χ1v) is 10.4. The first kappa shape index (κ1) is 17.9. The van der Waals surface area contributed by atoms with E-state index >= 15 is 0 Å². The lowest BCUT2D eigenvalue weighted by atomic mass is 10.1. The normalized spacial score (nSPS) is 15.6. The minimum absolute atomic E-state index is 0.280. The number of hydrogen-bond acceptors (Lipinski definition) is 1. The summed E-state index contributed by atoms with van der Waals surface area (Å²) in [6, 6.07) is 0. The molecule has 0 aliphatic rings. The number of allylic oxidation sites excluding steroid dienone is 1. The van der Waals surface area contributed by atoms with Gasteiger partial charge in [-0.15, -0.1) is 0 Å². The maximum Gasteiger partial charge on any atom is 0.192 e. The number of hydrogen-bond donors (Lipinski definition) is 0. The molecule has 0 aliphatic heterocycles. The second-order valence-electron chi connectivity index (χ2n) is 7.16. The van der Waals surface area contributed by atoms with Gasteiger partial charge in [0.15, 0.2) is 8.32 Å². The molecule has 0 saturated carbocycles. The Morgan fingerprint density at radius 2 is 1.72 bits per heavy atom. The van der Waals surface area contributed by atoms with E-state index in [1.807, 2.05) is 0 Å². The molecule has 1 nitrogen and oxygen atoms in total. The third kappa shape index (κ3) is 6.19. The van der Waals surface area contributed by atoms with Crippen molar-refractivity contribution in [1.29, 1.82) is 0 Å². The molecular weight excluding hydrogens is 236 g/mol. The molecule has 0 amide bonds. The summed E-state index contributed by atoms with van der Waals surface area (Å²) in [5.74, 6) is 0.553. The Labute approximate surface area is 116 Å². The Hall–Kier alpha value is -0.0831. The monoisotopic (exact) mass is 270 g/mol. The summed E-state index contributed by atoms with van der Waals surface area (Å²) < 4.78 is 6.50. The van der Waals surface area contributed by atoms with Gasteiger partial charge in [-0.1, -0.05) is 66.5 Å². The molecule has 0 aromatic carbocycles. The zero-order valence-corrected chi connectivity index (χ0v) is 14.8. The molecule has 0 aromatic heterocycles. The van der Waals surface area contributed by atoms with Gasteiger partial charge in [0.05, 0.1) is 6.10 Å². The van der Waals surface area contributed by atoms with Crippen LogP contribution in [0.25, 0.3) is 0 Å². The van der Waals surface area contributed by atoms with Crippen molar-refractivity contribution in [1.82, 2.24) is 0 Å². The van der Waals surface area contributed by atoms with Gasteiger partial charge in [-0.2, -0.15) is 0 Å². The van der Waals surface area contributed by atoms with Crippen LogP contribution < -0.4 is 0 Å². The zero-order valence-electron chi connectivity index (χ0n) is 13.8. The minimum Gasteiger partial charge on any atom is -0.410 e. The summed E-state index contributed by atoms with van der Waals surface area (Å²) in [5.41, 5.74) is 0. The molecule has 108 valence electrons. The minimum atomic E-state index is -1.65. The Morgan fingerprint density at radius 1 is 1.17 bits per heavy atom. The van der Waals surface area contributed by atoms with Crippen LogP contribution in [0.3, 0.4) is 0 Å². The fraction of sp³-hybridized carbons (Fsp3) is 0.875. The van der Waals surface area contributed by atoms with Crippen LogP contribution in [0, 0.1) is 5.92 Å². The van der Waals surface area contributed by atoms with Crippen LogP contribution in [0.5, 0.6) is 0 Å². The molecule has 2 heteroatoms. The lowest BCUT2D eigenvalue weighted by molar-refractivity contribution is 0.177. The van der Waals surface area contributed by atoms with Gasteiger partial charge >= 0.3 is 0 Å². The van der Waals surface area contributed by atoms with Crippen LogP contribution in [0.15, 0.2) is 12.2 Å². The van der Waals surface area contributed by atoms with Crippen molar-refractivity contribution in [3.8, 4) is 0 Å². The summed E-state index contributed by atoms with van der Waals surface area (Å²) in [7, 11) is -1.65. The average molecular weight is 271 g/mol. The van der Waals surface area contributed by atoms with Crippen molar-refractivity contribution in [2.45, 2.75) is 85.0 Å². The summed E-state index contributed by atoms with van der Waals surface area (Å²) in [6.45, 7) is 18.3. The van der Waals surface area contributed by atoms with E-state index in [0.717, 1.165) is 0 Å². The van der Waals surface area contributed by atoms with Crippen molar-refractivity contribution in [2.75, 3.05) is 0 Å². The molecule has 18 heavy (non-hydrogen) atoms.